The van der Waals surface area contributed by atoms with E-state index in [4.69, 9.17) is 0 Å². The Bertz CT molecular complexity index is 738. The van der Waals surface area contributed by atoms with Crippen molar-refractivity contribution in [2.45, 2.75) is 39.3 Å². The van der Waals surface area contributed by atoms with Crippen LogP contribution in [0, 0.1) is 5.82 Å². The number of hydrogen-bond acceptors (Lipinski definition) is 3. The average Bonchev–Trinajstić information content (AvgIpc) is 2.72. The number of anilines is 1. The van der Waals surface area contributed by atoms with Gasteiger partial charge in [-0.2, -0.15) is 0 Å². The minimum Gasteiger partial charge on any atom is -0.357 e. The number of nitrogens with one attached hydrogen (secondary N) is 2. The first kappa shape index (κ1) is 19.1. The lowest BCUT2D eigenvalue weighted by Gasteiger charge is -2.27. The first-order valence-corrected chi connectivity index (χ1v) is 9.71. The quantitative estimate of drug-likeness (QED) is 0.605. The van der Waals surface area contributed by atoms with E-state index >= 15 is 0 Å². The van der Waals surface area contributed by atoms with E-state index in [1.807, 2.05) is 19.2 Å². The van der Waals surface area contributed by atoms with Crippen LogP contribution < -0.4 is 15.5 Å². The number of rotatable bonds is 6. The third-order valence-electron chi connectivity index (χ3n) is 4.63. The van der Waals surface area contributed by atoms with E-state index in [2.05, 4.69) is 31.6 Å². The molecule has 1 fully saturated rings. The van der Waals surface area contributed by atoms with Gasteiger partial charge >= 0.3 is 0 Å². The molecule has 5 nitrogen and oxygen atoms in total. The summed E-state index contributed by atoms with van der Waals surface area (Å²) in [6.45, 7) is 6.17. The Morgan fingerprint density at radius 1 is 1.07 bits per heavy atom. The molecule has 0 saturated carbocycles. The third kappa shape index (κ3) is 5.94. The third-order valence-corrected chi connectivity index (χ3v) is 4.63. The molecule has 2 aromatic rings. The van der Waals surface area contributed by atoms with Crippen LogP contribution in [0.5, 0.6) is 0 Å². The van der Waals surface area contributed by atoms with Crippen molar-refractivity contribution in [3.63, 3.8) is 0 Å². The van der Waals surface area contributed by atoms with Gasteiger partial charge in [-0.05, 0) is 61.6 Å². The Kier molecular flexibility index (Phi) is 7.02. The summed E-state index contributed by atoms with van der Waals surface area (Å²) >= 11 is 0. The molecular weight excluding hydrogens is 341 g/mol. The maximum Gasteiger partial charge on any atom is 0.191 e. The summed E-state index contributed by atoms with van der Waals surface area (Å²) in [5, 5.41) is 6.55. The van der Waals surface area contributed by atoms with Gasteiger partial charge < -0.3 is 15.5 Å². The second-order valence-corrected chi connectivity index (χ2v) is 6.75. The maximum absolute atomic E-state index is 13.0. The van der Waals surface area contributed by atoms with Crippen LogP contribution in [-0.2, 0) is 13.1 Å². The zero-order chi connectivity index (χ0) is 18.9. The van der Waals surface area contributed by atoms with E-state index < -0.39 is 0 Å². The highest BCUT2D eigenvalue weighted by Crippen LogP contribution is 2.18. The molecule has 1 saturated heterocycles. The van der Waals surface area contributed by atoms with Gasteiger partial charge in [-0.3, -0.25) is 0 Å². The van der Waals surface area contributed by atoms with Crippen molar-refractivity contribution in [1.82, 2.24) is 15.6 Å². The number of pyridine rings is 1. The van der Waals surface area contributed by atoms with Gasteiger partial charge in [-0.15, -0.1) is 0 Å². The molecule has 0 bridgehead atoms. The Morgan fingerprint density at radius 3 is 2.59 bits per heavy atom. The smallest absolute Gasteiger partial charge is 0.191 e. The van der Waals surface area contributed by atoms with Crippen LogP contribution in [0.15, 0.2) is 47.6 Å². The lowest BCUT2D eigenvalue weighted by atomic mass is 10.1. The van der Waals surface area contributed by atoms with Gasteiger partial charge in [-0.25, -0.2) is 14.4 Å². The minimum atomic E-state index is -0.221. The predicted molar refractivity (Wildman–Crippen MR) is 108 cm³/mol. The van der Waals surface area contributed by atoms with E-state index in [-0.39, 0.29) is 5.82 Å². The normalized spacial score (nSPS) is 14.9. The van der Waals surface area contributed by atoms with Gasteiger partial charge in [0, 0.05) is 32.4 Å². The number of halogens is 1. The van der Waals surface area contributed by atoms with Crippen LogP contribution in [-0.4, -0.2) is 30.6 Å². The zero-order valence-corrected chi connectivity index (χ0v) is 15.9. The number of nitrogens with zero attached hydrogens (tertiary/aromatic N) is 3. The molecule has 1 aromatic heterocycles. The molecule has 3 rings (SSSR count). The molecule has 27 heavy (non-hydrogen) atoms. The minimum absolute atomic E-state index is 0.221. The highest BCUT2D eigenvalue weighted by atomic mass is 19.1. The van der Waals surface area contributed by atoms with Gasteiger partial charge in [0.25, 0.3) is 0 Å². The van der Waals surface area contributed by atoms with Gasteiger partial charge in [0.1, 0.15) is 11.6 Å². The van der Waals surface area contributed by atoms with Crippen LogP contribution in [0.4, 0.5) is 10.2 Å². The second-order valence-electron chi connectivity index (χ2n) is 6.75. The highest BCUT2D eigenvalue weighted by molar-refractivity contribution is 5.79. The number of aliphatic imine (C=N–C) groups is 1. The van der Waals surface area contributed by atoms with Gasteiger partial charge in [0.2, 0.25) is 0 Å². The number of piperidine rings is 1. The Morgan fingerprint density at radius 2 is 1.85 bits per heavy atom. The van der Waals surface area contributed by atoms with E-state index in [0.717, 1.165) is 42.5 Å². The van der Waals surface area contributed by atoms with Crippen LogP contribution >= 0.6 is 0 Å². The monoisotopic (exact) mass is 369 g/mol. The number of hydrogen-bond donors (Lipinski definition) is 2. The molecule has 6 heteroatoms. The van der Waals surface area contributed by atoms with Crippen molar-refractivity contribution in [1.29, 1.82) is 0 Å². The first-order valence-electron chi connectivity index (χ1n) is 9.71. The largest absolute Gasteiger partial charge is 0.357 e. The topological polar surface area (TPSA) is 52.6 Å². The van der Waals surface area contributed by atoms with Gasteiger partial charge in [0.15, 0.2) is 5.96 Å². The summed E-state index contributed by atoms with van der Waals surface area (Å²) in [5.41, 5.74) is 2.16. The number of benzene rings is 1. The molecule has 1 aliphatic heterocycles. The number of guanidine groups is 1. The lowest BCUT2D eigenvalue weighted by Crippen LogP contribution is -2.36. The molecule has 0 radical (unpaired) electrons. The molecule has 2 N–H and O–H groups in total. The Balaban J connectivity index is 1.61. The maximum atomic E-state index is 13.0. The molecule has 0 unspecified atom stereocenters. The SMILES string of the molecule is CCNC(=NCc1ccnc(N2CCCCC2)c1)NCc1ccc(F)cc1. The highest BCUT2D eigenvalue weighted by Gasteiger charge is 2.12. The van der Waals surface area contributed by atoms with E-state index in [1.54, 1.807) is 12.1 Å². The summed E-state index contributed by atoms with van der Waals surface area (Å²) in [5.74, 6) is 1.58. The summed E-state index contributed by atoms with van der Waals surface area (Å²) in [6, 6.07) is 10.7. The fourth-order valence-corrected chi connectivity index (χ4v) is 3.16. The van der Waals surface area contributed by atoms with E-state index in [1.165, 1.54) is 31.4 Å². The van der Waals surface area contributed by atoms with Crippen molar-refractivity contribution >= 4 is 11.8 Å². The number of aromatic nitrogens is 1. The molecule has 2 heterocycles. The molecule has 0 spiro atoms. The fourth-order valence-electron chi connectivity index (χ4n) is 3.16. The van der Waals surface area contributed by atoms with Crippen LogP contribution in [0.25, 0.3) is 0 Å². The molecule has 1 aromatic carbocycles. The van der Waals surface area contributed by atoms with Crippen molar-refractivity contribution in [2.75, 3.05) is 24.5 Å². The van der Waals surface area contributed by atoms with Crippen LogP contribution in [0.1, 0.15) is 37.3 Å². The summed E-state index contributed by atoms with van der Waals surface area (Å²) in [4.78, 5) is 11.6. The Labute approximate surface area is 160 Å². The fraction of sp³-hybridized carbons (Fsp3) is 0.429. The molecule has 0 aliphatic carbocycles. The zero-order valence-electron chi connectivity index (χ0n) is 15.9. The molecule has 1 aliphatic rings. The Hall–Kier alpha value is -2.63. The second kappa shape index (κ2) is 9.90. The van der Waals surface area contributed by atoms with E-state index in [9.17, 15) is 4.39 Å². The summed E-state index contributed by atoms with van der Waals surface area (Å²) in [6.07, 6.45) is 5.66. The average molecular weight is 369 g/mol. The summed E-state index contributed by atoms with van der Waals surface area (Å²) < 4.78 is 13.0. The first-order chi connectivity index (χ1) is 13.2. The lowest BCUT2D eigenvalue weighted by molar-refractivity contribution is 0.573. The van der Waals surface area contributed by atoms with Crippen LogP contribution in [0.3, 0.4) is 0 Å². The molecule has 0 atom stereocenters. The molecule has 0 amide bonds. The van der Waals surface area contributed by atoms with Crippen LogP contribution in [0.2, 0.25) is 0 Å². The van der Waals surface area contributed by atoms with Crippen molar-refractivity contribution in [3.05, 3.63) is 59.5 Å². The van der Waals surface area contributed by atoms with Crippen molar-refractivity contribution < 1.29 is 4.39 Å². The molecule has 144 valence electrons. The predicted octanol–water partition coefficient (Wildman–Crippen LogP) is 3.47. The standard InChI is InChI=1S/C21H28FN5/c1-2-23-21(25-15-17-6-8-19(22)9-7-17)26-16-18-10-11-24-20(14-18)27-12-4-3-5-13-27/h6-11,14H,2-5,12-13,15-16H2,1H3,(H2,23,25,26). The molecular formula is C21H28FN5. The van der Waals surface area contributed by atoms with Gasteiger partial charge in [0.05, 0.1) is 6.54 Å². The van der Waals surface area contributed by atoms with Crippen molar-refractivity contribution in [3.8, 4) is 0 Å². The van der Waals surface area contributed by atoms with Crippen molar-refractivity contribution in [2.24, 2.45) is 4.99 Å². The van der Waals surface area contributed by atoms with Gasteiger partial charge in [-0.1, -0.05) is 12.1 Å². The van der Waals surface area contributed by atoms with E-state index in [0.29, 0.717) is 13.1 Å². The summed E-state index contributed by atoms with van der Waals surface area (Å²) in [7, 11) is 0.